The number of hydrogen-bond donors (Lipinski definition) is 0. The fourth-order valence-electron chi connectivity index (χ4n) is 2.71. The lowest BCUT2D eigenvalue weighted by Gasteiger charge is -2.14. The van der Waals surface area contributed by atoms with Gasteiger partial charge in [-0.2, -0.15) is 13.2 Å². The van der Waals surface area contributed by atoms with Crippen molar-refractivity contribution in [1.82, 2.24) is 14.4 Å². The standard InChI is InChI=1S/C16H16F3N3O4/c1-4-5-20-13(24)14(25)21(15(20)26)7-12(23)11-6-9(2)22(10(11)3)8-16(17,18)19/h4,6H,1,5,7-8H2,2-3H3. The number of aryl methyl sites for hydroxylation is 1. The number of nitrogens with zero attached hydrogens (tertiary/aromatic N) is 3. The summed E-state index contributed by atoms with van der Waals surface area (Å²) in [5.74, 6) is -2.97. The monoisotopic (exact) mass is 371 g/mol. The van der Waals surface area contributed by atoms with Gasteiger partial charge >= 0.3 is 24.0 Å². The molecule has 1 aromatic heterocycles. The van der Waals surface area contributed by atoms with E-state index >= 15 is 0 Å². The summed E-state index contributed by atoms with van der Waals surface area (Å²) in [4.78, 5) is 49.2. The van der Waals surface area contributed by atoms with Crippen LogP contribution in [0.15, 0.2) is 18.7 Å². The van der Waals surface area contributed by atoms with Crippen LogP contribution in [0.5, 0.6) is 0 Å². The van der Waals surface area contributed by atoms with Gasteiger partial charge < -0.3 is 4.57 Å². The molecule has 2 heterocycles. The molecule has 0 bridgehead atoms. The van der Waals surface area contributed by atoms with E-state index in [1.165, 1.54) is 26.0 Å². The molecule has 1 fully saturated rings. The number of halogens is 3. The number of alkyl halides is 3. The summed E-state index contributed by atoms with van der Waals surface area (Å²) < 4.78 is 38.9. The molecular weight excluding hydrogens is 355 g/mol. The zero-order chi connectivity index (χ0) is 19.8. The molecule has 1 aliphatic rings. The first-order chi connectivity index (χ1) is 12.0. The van der Waals surface area contributed by atoms with Crippen LogP contribution in [0.25, 0.3) is 0 Å². The summed E-state index contributed by atoms with van der Waals surface area (Å²) in [6.07, 6.45) is -3.22. The number of imide groups is 2. The predicted molar refractivity (Wildman–Crippen MR) is 83.3 cm³/mol. The molecule has 0 radical (unpaired) electrons. The Labute approximate surface area is 146 Å². The zero-order valence-corrected chi connectivity index (χ0v) is 14.1. The molecule has 0 spiro atoms. The van der Waals surface area contributed by atoms with Crippen molar-refractivity contribution in [2.45, 2.75) is 26.6 Å². The van der Waals surface area contributed by atoms with E-state index in [0.29, 0.717) is 9.80 Å². The highest BCUT2D eigenvalue weighted by atomic mass is 19.4. The van der Waals surface area contributed by atoms with Gasteiger partial charge in [0.15, 0.2) is 5.78 Å². The van der Waals surface area contributed by atoms with Crippen molar-refractivity contribution in [2.75, 3.05) is 13.1 Å². The van der Waals surface area contributed by atoms with E-state index in [1.807, 2.05) is 0 Å². The van der Waals surface area contributed by atoms with Crippen molar-refractivity contribution in [3.05, 3.63) is 35.7 Å². The second-order valence-corrected chi connectivity index (χ2v) is 5.79. The number of carbonyl (C=O) groups is 4. The number of carbonyl (C=O) groups excluding carboxylic acids is 4. The van der Waals surface area contributed by atoms with Crippen LogP contribution < -0.4 is 0 Å². The molecule has 2 rings (SSSR count). The van der Waals surface area contributed by atoms with Crippen LogP contribution in [0.1, 0.15) is 21.7 Å². The molecule has 1 aromatic rings. The highest BCUT2D eigenvalue weighted by Crippen LogP contribution is 2.24. The van der Waals surface area contributed by atoms with Gasteiger partial charge in [0.2, 0.25) is 0 Å². The minimum Gasteiger partial charge on any atom is -0.339 e. The van der Waals surface area contributed by atoms with E-state index in [2.05, 4.69) is 6.58 Å². The van der Waals surface area contributed by atoms with Gasteiger partial charge in [-0.05, 0) is 19.9 Å². The van der Waals surface area contributed by atoms with E-state index in [1.54, 1.807) is 0 Å². The van der Waals surface area contributed by atoms with Crippen LogP contribution in [-0.4, -0.2) is 57.3 Å². The molecule has 1 saturated heterocycles. The maximum atomic E-state index is 12.6. The second-order valence-electron chi connectivity index (χ2n) is 5.79. The molecule has 0 unspecified atom stereocenters. The fraction of sp³-hybridized carbons (Fsp3) is 0.375. The first-order valence-electron chi connectivity index (χ1n) is 7.52. The molecule has 0 aliphatic carbocycles. The number of rotatable bonds is 6. The third-order valence-corrected chi connectivity index (χ3v) is 3.96. The van der Waals surface area contributed by atoms with Gasteiger partial charge in [0.05, 0.1) is 6.54 Å². The van der Waals surface area contributed by atoms with Crippen LogP contribution in [-0.2, 0) is 16.1 Å². The van der Waals surface area contributed by atoms with Crippen molar-refractivity contribution in [2.24, 2.45) is 0 Å². The maximum absolute atomic E-state index is 12.6. The van der Waals surface area contributed by atoms with Crippen molar-refractivity contribution in [1.29, 1.82) is 0 Å². The van der Waals surface area contributed by atoms with Crippen LogP contribution in [0, 0.1) is 13.8 Å². The van der Waals surface area contributed by atoms with Crippen molar-refractivity contribution in [3.63, 3.8) is 0 Å². The van der Waals surface area contributed by atoms with Gasteiger partial charge in [0.1, 0.15) is 6.54 Å². The number of ketones is 1. The van der Waals surface area contributed by atoms with Gasteiger partial charge in [-0.25, -0.2) is 9.69 Å². The number of hydrogen-bond acceptors (Lipinski definition) is 4. The average molecular weight is 371 g/mol. The molecular formula is C16H16F3N3O4. The lowest BCUT2D eigenvalue weighted by molar-refractivity contribution is -0.142. The van der Waals surface area contributed by atoms with E-state index in [-0.39, 0.29) is 23.5 Å². The van der Waals surface area contributed by atoms with E-state index < -0.39 is 42.9 Å². The Kier molecular flexibility index (Phi) is 5.06. The lowest BCUT2D eigenvalue weighted by atomic mass is 10.1. The zero-order valence-electron chi connectivity index (χ0n) is 14.1. The largest absolute Gasteiger partial charge is 0.406 e. The van der Waals surface area contributed by atoms with Crippen molar-refractivity contribution < 1.29 is 32.3 Å². The quantitative estimate of drug-likeness (QED) is 0.331. The lowest BCUT2D eigenvalue weighted by Crippen LogP contribution is -2.37. The molecule has 26 heavy (non-hydrogen) atoms. The number of urea groups is 1. The Bertz CT molecular complexity index is 810. The Morgan fingerprint density at radius 3 is 2.27 bits per heavy atom. The summed E-state index contributed by atoms with van der Waals surface area (Å²) in [6.45, 7) is 3.95. The molecule has 7 nitrogen and oxygen atoms in total. The topological polar surface area (TPSA) is 79.7 Å². The molecule has 0 saturated carbocycles. The smallest absolute Gasteiger partial charge is 0.339 e. The highest BCUT2D eigenvalue weighted by Gasteiger charge is 2.44. The summed E-state index contributed by atoms with van der Waals surface area (Å²) in [5.41, 5.74) is 0.242. The minimum absolute atomic E-state index is 0.0398. The van der Waals surface area contributed by atoms with Crippen LogP contribution in [0.2, 0.25) is 0 Å². The minimum atomic E-state index is -4.46. The summed E-state index contributed by atoms with van der Waals surface area (Å²) in [6, 6.07) is 0.301. The molecule has 0 atom stereocenters. The van der Waals surface area contributed by atoms with Gasteiger partial charge in [-0.1, -0.05) is 6.08 Å². The maximum Gasteiger partial charge on any atom is 0.406 e. The van der Waals surface area contributed by atoms with Crippen molar-refractivity contribution >= 4 is 23.6 Å². The van der Waals surface area contributed by atoms with Gasteiger partial charge in [-0.3, -0.25) is 19.3 Å². The molecule has 1 aliphatic heterocycles. The summed E-state index contributed by atoms with van der Waals surface area (Å²) in [5, 5.41) is 0. The average Bonchev–Trinajstić information content (AvgIpc) is 2.91. The molecule has 0 aromatic carbocycles. The summed E-state index contributed by atoms with van der Waals surface area (Å²) in [7, 11) is 0. The van der Waals surface area contributed by atoms with Crippen LogP contribution in [0.4, 0.5) is 18.0 Å². The first-order valence-corrected chi connectivity index (χ1v) is 7.52. The third-order valence-electron chi connectivity index (χ3n) is 3.96. The Morgan fingerprint density at radius 2 is 1.73 bits per heavy atom. The normalized spacial score (nSPS) is 15.2. The Balaban J connectivity index is 2.25. The molecule has 0 N–H and O–H groups in total. The predicted octanol–water partition coefficient (Wildman–Crippen LogP) is 1.83. The highest BCUT2D eigenvalue weighted by molar-refractivity contribution is 6.45. The van der Waals surface area contributed by atoms with E-state index in [9.17, 15) is 32.3 Å². The van der Waals surface area contributed by atoms with E-state index in [0.717, 1.165) is 4.57 Å². The summed E-state index contributed by atoms with van der Waals surface area (Å²) >= 11 is 0. The molecule has 140 valence electrons. The number of amides is 4. The molecule has 4 amide bonds. The fourth-order valence-corrected chi connectivity index (χ4v) is 2.71. The van der Waals surface area contributed by atoms with Gasteiger partial charge in [0, 0.05) is 23.5 Å². The molecule has 10 heteroatoms. The first kappa shape index (κ1) is 19.4. The van der Waals surface area contributed by atoms with Crippen LogP contribution in [0.3, 0.4) is 0 Å². The van der Waals surface area contributed by atoms with Gasteiger partial charge in [-0.15, -0.1) is 6.58 Å². The Hall–Kier alpha value is -2.91. The van der Waals surface area contributed by atoms with Crippen molar-refractivity contribution in [3.8, 4) is 0 Å². The van der Waals surface area contributed by atoms with E-state index in [4.69, 9.17) is 0 Å². The second kappa shape index (κ2) is 6.77. The number of aromatic nitrogens is 1. The van der Waals surface area contributed by atoms with Gasteiger partial charge in [0.25, 0.3) is 0 Å². The third kappa shape index (κ3) is 3.53. The Morgan fingerprint density at radius 1 is 1.15 bits per heavy atom. The number of Topliss-reactive ketones (excluding diaryl/α,β-unsaturated/α-hetero) is 1. The SMILES string of the molecule is C=CCN1C(=O)C(=O)N(CC(=O)c2cc(C)n(CC(F)(F)F)c2C)C1=O. The van der Waals surface area contributed by atoms with Crippen LogP contribution >= 0.6 is 0 Å².